The molecule has 0 aliphatic heterocycles. The first-order valence-electron chi connectivity index (χ1n) is 4.10. The van der Waals surface area contributed by atoms with Crippen LogP contribution in [0.15, 0.2) is 11.0 Å². The van der Waals surface area contributed by atoms with Gasteiger partial charge in [0.05, 0.1) is 0 Å². The van der Waals surface area contributed by atoms with Gasteiger partial charge in [-0.2, -0.15) is 0 Å². The van der Waals surface area contributed by atoms with E-state index in [1.54, 1.807) is 6.92 Å². The van der Waals surface area contributed by atoms with E-state index in [0.29, 0.717) is 5.56 Å². The monoisotopic (exact) mass is 196 g/mol. The van der Waals surface area contributed by atoms with Crippen molar-refractivity contribution in [2.75, 3.05) is 7.05 Å². The van der Waals surface area contributed by atoms with Crippen molar-refractivity contribution >= 4 is 5.91 Å². The third kappa shape index (κ3) is 1.48. The van der Waals surface area contributed by atoms with Gasteiger partial charge in [-0.1, -0.05) is 0 Å². The molecule has 0 aliphatic carbocycles. The van der Waals surface area contributed by atoms with Crippen molar-refractivity contribution in [2.24, 2.45) is 7.05 Å². The third-order valence-corrected chi connectivity index (χ3v) is 1.99. The first kappa shape index (κ1) is 10.3. The molecule has 0 saturated carbocycles. The molecule has 0 atom stereocenters. The van der Waals surface area contributed by atoms with Crippen molar-refractivity contribution in [1.82, 2.24) is 9.88 Å². The van der Waals surface area contributed by atoms with Crippen molar-refractivity contribution in [1.29, 1.82) is 0 Å². The minimum Gasteiger partial charge on any atom is -0.507 e. The molecule has 5 nitrogen and oxygen atoms in total. The number of aromatic hydroxyl groups is 1. The van der Waals surface area contributed by atoms with Gasteiger partial charge in [-0.3, -0.25) is 9.59 Å². The molecule has 1 heterocycles. The highest BCUT2D eigenvalue weighted by Gasteiger charge is 2.17. The fraction of sp³-hybridized carbons (Fsp3) is 0.333. The Morgan fingerprint density at radius 1 is 1.57 bits per heavy atom. The maximum absolute atomic E-state index is 11.5. The summed E-state index contributed by atoms with van der Waals surface area (Å²) in [7, 11) is 2.94. The van der Waals surface area contributed by atoms with E-state index in [1.165, 1.54) is 24.9 Å². The number of nitrogens with zero attached hydrogens (tertiary/aromatic N) is 1. The van der Waals surface area contributed by atoms with Crippen molar-refractivity contribution in [2.45, 2.75) is 6.92 Å². The Morgan fingerprint density at radius 3 is 2.64 bits per heavy atom. The standard InChI is InChI=1S/C9H12N2O3/c1-5-4-11(3)9(14)6(7(5)12)8(13)10-2/h4,12H,1-3H3,(H,10,13). The molecule has 1 aromatic rings. The Labute approximate surface area is 81.0 Å². The average Bonchev–Trinajstić information content (AvgIpc) is 2.15. The van der Waals surface area contributed by atoms with Crippen LogP contribution in [0.25, 0.3) is 0 Å². The van der Waals surface area contributed by atoms with E-state index < -0.39 is 11.5 Å². The Morgan fingerprint density at radius 2 is 2.14 bits per heavy atom. The first-order valence-corrected chi connectivity index (χ1v) is 4.10. The van der Waals surface area contributed by atoms with E-state index in [-0.39, 0.29) is 11.3 Å². The molecule has 0 aromatic carbocycles. The van der Waals surface area contributed by atoms with Gasteiger partial charge in [-0.05, 0) is 6.92 Å². The molecule has 14 heavy (non-hydrogen) atoms. The van der Waals surface area contributed by atoms with Gasteiger partial charge in [0.1, 0.15) is 11.3 Å². The molecule has 1 rings (SSSR count). The molecule has 0 spiro atoms. The first-order chi connectivity index (χ1) is 6.49. The van der Waals surface area contributed by atoms with Crippen LogP contribution in [-0.4, -0.2) is 22.6 Å². The number of carbonyl (C=O) groups excluding carboxylic acids is 1. The van der Waals surface area contributed by atoms with Crippen LogP contribution in [0.5, 0.6) is 5.75 Å². The van der Waals surface area contributed by atoms with E-state index in [2.05, 4.69) is 5.32 Å². The van der Waals surface area contributed by atoms with Gasteiger partial charge in [0.2, 0.25) is 0 Å². The van der Waals surface area contributed by atoms with Crippen LogP contribution in [0.1, 0.15) is 15.9 Å². The Hall–Kier alpha value is -1.78. The zero-order chi connectivity index (χ0) is 10.9. The minimum atomic E-state index is -0.577. The maximum Gasteiger partial charge on any atom is 0.266 e. The average molecular weight is 196 g/mol. The fourth-order valence-corrected chi connectivity index (χ4v) is 1.21. The minimum absolute atomic E-state index is 0.213. The molecule has 76 valence electrons. The molecule has 0 radical (unpaired) electrons. The summed E-state index contributed by atoms with van der Waals surface area (Å²) in [5.74, 6) is -0.834. The summed E-state index contributed by atoms with van der Waals surface area (Å²) in [6.45, 7) is 1.63. The Kier molecular flexibility index (Phi) is 2.60. The number of aryl methyl sites for hydroxylation is 2. The van der Waals surface area contributed by atoms with E-state index in [4.69, 9.17) is 0 Å². The number of hydrogen-bond acceptors (Lipinski definition) is 3. The number of amides is 1. The third-order valence-electron chi connectivity index (χ3n) is 1.99. The van der Waals surface area contributed by atoms with Crippen LogP contribution in [0.2, 0.25) is 0 Å². The van der Waals surface area contributed by atoms with Gasteiger partial charge in [0.25, 0.3) is 11.5 Å². The SMILES string of the molecule is CNC(=O)c1c(O)c(C)cn(C)c1=O. The number of carbonyl (C=O) groups is 1. The summed E-state index contributed by atoms with van der Waals surface area (Å²) in [6, 6.07) is 0. The molecule has 1 amide bonds. The highest BCUT2D eigenvalue weighted by atomic mass is 16.3. The lowest BCUT2D eigenvalue weighted by atomic mass is 10.1. The van der Waals surface area contributed by atoms with Crippen LogP contribution < -0.4 is 10.9 Å². The Balaban J connectivity index is 3.56. The Bertz CT molecular complexity index is 434. The number of aromatic nitrogens is 1. The van der Waals surface area contributed by atoms with E-state index in [0.717, 1.165) is 0 Å². The molecule has 0 fully saturated rings. The lowest BCUT2D eigenvalue weighted by molar-refractivity contribution is 0.0958. The van der Waals surface area contributed by atoms with E-state index in [9.17, 15) is 14.7 Å². The molecule has 0 saturated heterocycles. The van der Waals surface area contributed by atoms with Crippen LogP contribution in [0.4, 0.5) is 0 Å². The van der Waals surface area contributed by atoms with Crippen molar-refractivity contribution in [3.63, 3.8) is 0 Å². The molecule has 2 N–H and O–H groups in total. The zero-order valence-corrected chi connectivity index (χ0v) is 8.29. The molecule has 0 bridgehead atoms. The van der Waals surface area contributed by atoms with Crippen LogP contribution in [0, 0.1) is 6.92 Å². The lowest BCUT2D eigenvalue weighted by Gasteiger charge is -2.07. The number of rotatable bonds is 1. The summed E-state index contributed by atoms with van der Waals surface area (Å²) < 4.78 is 1.26. The van der Waals surface area contributed by atoms with Gasteiger partial charge in [0.15, 0.2) is 0 Å². The predicted molar refractivity (Wildman–Crippen MR) is 51.5 cm³/mol. The summed E-state index contributed by atoms with van der Waals surface area (Å²) in [6.07, 6.45) is 1.48. The summed E-state index contributed by atoms with van der Waals surface area (Å²) in [4.78, 5) is 22.8. The van der Waals surface area contributed by atoms with Crippen molar-refractivity contribution < 1.29 is 9.90 Å². The topological polar surface area (TPSA) is 71.3 Å². The number of nitrogens with one attached hydrogen (secondary N) is 1. The quantitative estimate of drug-likeness (QED) is 0.651. The fourth-order valence-electron chi connectivity index (χ4n) is 1.21. The van der Waals surface area contributed by atoms with Crippen molar-refractivity contribution in [3.8, 4) is 5.75 Å². The van der Waals surface area contributed by atoms with Crippen LogP contribution >= 0.6 is 0 Å². The second kappa shape index (κ2) is 3.53. The predicted octanol–water partition coefficient (Wildman–Crippen LogP) is -0.241. The van der Waals surface area contributed by atoms with Gasteiger partial charge in [-0.15, -0.1) is 0 Å². The highest BCUT2D eigenvalue weighted by Crippen LogP contribution is 2.17. The lowest BCUT2D eigenvalue weighted by Crippen LogP contribution is -2.30. The highest BCUT2D eigenvalue weighted by molar-refractivity contribution is 5.96. The van der Waals surface area contributed by atoms with E-state index in [1.807, 2.05) is 0 Å². The second-order valence-electron chi connectivity index (χ2n) is 3.03. The maximum atomic E-state index is 11.5. The van der Waals surface area contributed by atoms with Crippen LogP contribution in [-0.2, 0) is 7.05 Å². The van der Waals surface area contributed by atoms with Gasteiger partial charge in [-0.25, -0.2) is 0 Å². The smallest absolute Gasteiger partial charge is 0.266 e. The number of pyridine rings is 1. The molecule has 0 unspecified atom stereocenters. The summed E-state index contributed by atoms with van der Waals surface area (Å²) in [5.41, 5.74) is -0.229. The largest absolute Gasteiger partial charge is 0.507 e. The molecule has 1 aromatic heterocycles. The molecule has 0 aliphatic rings. The van der Waals surface area contributed by atoms with E-state index >= 15 is 0 Å². The summed E-state index contributed by atoms with van der Waals surface area (Å²) >= 11 is 0. The second-order valence-corrected chi connectivity index (χ2v) is 3.03. The molecular weight excluding hydrogens is 184 g/mol. The van der Waals surface area contributed by atoms with Gasteiger partial charge < -0.3 is 15.0 Å². The normalized spacial score (nSPS) is 9.93. The van der Waals surface area contributed by atoms with Crippen LogP contribution in [0.3, 0.4) is 0 Å². The summed E-state index contributed by atoms with van der Waals surface area (Å²) in [5, 5.41) is 11.8. The van der Waals surface area contributed by atoms with Gasteiger partial charge in [0, 0.05) is 25.9 Å². The van der Waals surface area contributed by atoms with Crippen molar-refractivity contribution in [3.05, 3.63) is 27.7 Å². The molecular formula is C9H12N2O3. The number of hydrogen-bond donors (Lipinski definition) is 2. The molecule has 5 heteroatoms. The van der Waals surface area contributed by atoms with Gasteiger partial charge >= 0.3 is 0 Å². The zero-order valence-electron chi connectivity index (χ0n) is 8.29.